The monoisotopic (exact) mass is 203 g/mol. The van der Waals surface area contributed by atoms with Crippen molar-refractivity contribution in [1.82, 2.24) is 4.90 Å². The highest BCUT2D eigenvalue weighted by Crippen LogP contribution is 2.20. The molecule has 1 saturated heterocycles. The molecule has 0 aromatic heterocycles. The fourth-order valence-electron chi connectivity index (χ4n) is 1.94. The first kappa shape index (κ1) is 11.3. The van der Waals surface area contributed by atoms with Crippen LogP contribution in [0.3, 0.4) is 0 Å². The summed E-state index contributed by atoms with van der Waals surface area (Å²) in [5.74, 6) is 0.767. The summed E-state index contributed by atoms with van der Waals surface area (Å²) in [5.41, 5.74) is 0.284. The second-order valence-electron chi connectivity index (χ2n) is 4.99. The van der Waals surface area contributed by atoms with Crippen molar-refractivity contribution in [2.24, 2.45) is 5.41 Å². The van der Waals surface area contributed by atoms with E-state index in [2.05, 4.69) is 18.7 Å². The minimum absolute atomic E-state index is 0.284. The van der Waals surface area contributed by atoms with Gasteiger partial charge in [-0.2, -0.15) is 0 Å². The van der Waals surface area contributed by atoms with Crippen LogP contribution in [0, 0.1) is 5.41 Å². The largest absolute Gasteiger partial charge is 0.303 e. The lowest BCUT2D eigenvalue weighted by Crippen LogP contribution is -2.35. The quantitative estimate of drug-likeness (QED) is 0.638. The van der Waals surface area contributed by atoms with Crippen LogP contribution >= 0.6 is 11.6 Å². The lowest BCUT2D eigenvalue weighted by atomic mass is 9.95. The van der Waals surface area contributed by atoms with Gasteiger partial charge < -0.3 is 4.90 Å². The van der Waals surface area contributed by atoms with Crippen molar-refractivity contribution in [3.63, 3.8) is 0 Å². The van der Waals surface area contributed by atoms with Gasteiger partial charge in [-0.05, 0) is 31.3 Å². The van der Waals surface area contributed by atoms with Crippen LogP contribution in [0.1, 0.15) is 39.5 Å². The van der Waals surface area contributed by atoms with Gasteiger partial charge in [-0.15, -0.1) is 11.6 Å². The van der Waals surface area contributed by atoms with Crippen LogP contribution in [0.5, 0.6) is 0 Å². The molecule has 0 aromatic rings. The van der Waals surface area contributed by atoms with E-state index in [-0.39, 0.29) is 5.41 Å². The van der Waals surface area contributed by atoms with Crippen LogP contribution in [0.25, 0.3) is 0 Å². The Morgan fingerprint density at radius 3 is 2.08 bits per heavy atom. The van der Waals surface area contributed by atoms with Crippen molar-refractivity contribution < 1.29 is 0 Å². The Morgan fingerprint density at radius 2 is 1.62 bits per heavy atom. The maximum atomic E-state index is 5.93. The van der Waals surface area contributed by atoms with Crippen molar-refractivity contribution in [2.75, 3.05) is 25.5 Å². The van der Waals surface area contributed by atoms with Gasteiger partial charge in [-0.1, -0.05) is 26.7 Å². The summed E-state index contributed by atoms with van der Waals surface area (Å²) in [4.78, 5) is 2.58. The van der Waals surface area contributed by atoms with Gasteiger partial charge in [0.1, 0.15) is 0 Å². The van der Waals surface area contributed by atoms with Crippen molar-refractivity contribution in [1.29, 1.82) is 0 Å². The topological polar surface area (TPSA) is 3.24 Å². The van der Waals surface area contributed by atoms with Crippen LogP contribution in [-0.4, -0.2) is 30.4 Å². The summed E-state index contributed by atoms with van der Waals surface area (Å²) < 4.78 is 0. The molecule has 0 aliphatic carbocycles. The predicted molar refractivity (Wildman–Crippen MR) is 59.4 cm³/mol. The standard InChI is InChI=1S/C11H22ClN/c1-11(2,9-12)10-13-7-5-3-4-6-8-13/h3-10H2,1-2H3. The molecule has 0 N–H and O–H groups in total. The van der Waals surface area contributed by atoms with Crippen molar-refractivity contribution in [3.05, 3.63) is 0 Å². The number of hydrogen-bond donors (Lipinski definition) is 0. The molecule has 0 spiro atoms. The molecule has 0 unspecified atom stereocenters. The second-order valence-corrected chi connectivity index (χ2v) is 5.26. The van der Waals surface area contributed by atoms with Gasteiger partial charge in [0, 0.05) is 12.4 Å². The van der Waals surface area contributed by atoms with Crippen LogP contribution in [0.2, 0.25) is 0 Å². The molecule has 1 fully saturated rings. The molecule has 1 aliphatic rings. The van der Waals surface area contributed by atoms with Crippen LogP contribution in [0.4, 0.5) is 0 Å². The molecule has 13 heavy (non-hydrogen) atoms. The Labute approximate surface area is 87.4 Å². The molecule has 0 bridgehead atoms. The van der Waals surface area contributed by atoms with Crippen LogP contribution in [-0.2, 0) is 0 Å². The van der Waals surface area contributed by atoms with Gasteiger partial charge >= 0.3 is 0 Å². The van der Waals surface area contributed by atoms with E-state index < -0.39 is 0 Å². The zero-order valence-corrected chi connectivity index (χ0v) is 9.74. The first-order valence-corrected chi connectivity index (χ1v) is 5.96. The molecule has 1 aliphatic heterocycles. The Kier molecular flexibility index (Phi) is 4.54. The molecule has 1 rings (SSSR count). The summed E-state index contributed by atoms with van der Waals surface area (Å²) in [6, 6.07) is 0. The van der Waals surface area contributed by atoms with Crippen molar-refractivity contribution in [2.45, 2.75) is 39.5 Å². The number of nitrogens with zero attached hydrogens (tertiary/aromatic N) is 1. The van der Waals surface area contributed by atoms with E-state index in [1.807, 2.05) is 0 Å². The number of halogens is 1. The molecule has 0 radical (unpaired) electrons. The molecule has 78 valence electrons. The highest BCUT2D eigenvalue weighted by atomic mass is 35.5. The lowest BCUT2D eigenvalue weighted by Gasteiger charge is -2.30. The molecule has 0 saturated carbocycles. The maximum absolute atomic E-state index is 5.93. The molecule has 1 heterocycles. The van der Waals surface area contributed by atoms with E-state index in [0.29, 0.717) is 0 Å². The number of likely N-dealkylation sites (tertiary alicyclic amines) is 1. The van der Waals surface area contributed by atoms with Gasteiger partial charge in [-0.3, -0.25) is 0 Å². The highest BCUT2D eigenvalue weighted by molar-refractivity contribution is 6.18. The SMILES string of the molecule is CC(C)(CCl)CN1CCCCCC1. The Bertz CT molecular complexity index is 137. The van der Waals surface area contributed by atoms with Crippen LogP contribution < -0.4 is 0 Å². The Hall–Kier alpha value is 0.250. The van der Waals surface area contributed by atoms with E-state index in [0.717, 1.165) is 12.4 Å². The normalized spacial score (nSPS) is 21.5. The average molecular weight is 204 g/mol. The third kappa shape index (κ3) is 4.33. The Balaban J connectivity index is 2.33. The number of alkyl halides is 1. The van der Waals surface area contributed by atoms with Crippen LogP contribution in [0.15, 0.2) is 0 Å². The molecular weight excluding hydrogens is 182 g/mol. The number of hydrogen-bond acceptors (Lipinski definition) is 1. The van der Waals surface area contributed by atoms with Gasteiger partial charge in [0.25, 0.3) is 0 Å². The maximum Gasteiger partial charge on any atom is 0.0286 e. The van der Waals surface area contributed by atoms with E-state index in [1.165, 1.54) is 38.8 Å². The lowest BCUT2D eigenvalue weighted by molar-refractivity contribution is 0.200. The summed E-state index contributed by atoms with van der Waals surface area (Å²) in [6.07, 6.45) is 5.58. The molecule has 2 heteroatoms. The summed E-state index contributed by atoms with van der Waals surface area (Å²) >= 11 is 5.93. The molecule has 0 aromatic carbocycles. The summed E-state index contributed by atoms with van der Waals surface area (Å²) in [7, 11) is 0. The van der Waals surface area contributed by atoms with Gasteiger partial charge in [0.15, 0.2) is 0 Å². The fourth-order valence-corrected chi connectivity index (χ4v) is 2.03. The molecular formula is C11H22ClN. The Morgan fingerprint density at radius 1 is 1.08 bits per heavy atom. The first-order valence-electron chi connectivity index (χ1n) is 5.42. The fraction of sp³-hybridized carbons (Fsp3) is 1.00. The smallest absolute Gasteiger partial charge is 0.0286 e. The second kappa shape index (κ2) is 5.21. The minimum Gasteiger partial charge on any atom is -0.303 e. The summed E-state index contributed by atoms with van der Waals surface area (Å²) in [6.45, 7) is 8.23. The highest BCUT2D eigenvalue weighted by Gasteiger charge is 2.21. The third-order valence-electron chi connectivity index (χ3n) is 2.71. The van der Waals surface area contributed by atoms with E-state index in [1.54, 1.807) is 0 Å². The van der Waals surface area contributed by atoms with Crippen molar-refractivity contribution >= 4 is 11.6 Å². The zero-order chi connectivity index (χ0) is 9.73. The number of rotatable bonds is 3. The van der Waals surface area contributed by atoms with Gasteiger partial charge in [0.05, 0.1) is 0 Å². The molecule has 0 amide bonds. The summed E-state index contributed by atoms with van der Waals surface area (Å²) in [5, 5.41) is 0. The first-order chi connectivity index (χ1) is 6.14. The van der Waals surface area contributed by atoms with E-state index in [9.17, 15) is 0 Å². The van der Waals surface area contributed by atoms with Crippen molar-refractivity contribution in [3.8, 4) is 0 Å². The third-order valence-corrected chi connectivity index (χ3v) is 3.44. The van der Waals surface area contributed by atoms with E-state index >= 15 is 0 Å². The molecule has 0 atom stereocenters. The zero-order valence-electron chi connectivity index (χ0n) is 8.98. The predicted octanol–water partition coefficient (Wildman–Crippen LogP) is 3.13. The van der Waals surface area contributed by atoms with E-state index in [4.69, 9.17) is 11.6 Å². The average Bonchev–Trinajstić information content (AvgIpc) is 2.32. The minimum atomic E-state index is 0.284. The van der Waals surface area contributed by atoms with Gasteiger partial charge in [-0.25, -0.2) is 0 Å². The molecule has 1 nitrogen and oxygen atoms in total. The van der Waals surface area contributed by atoms with Gasteiger partial charge in [0.2, 0.25) is 0 Å².